The van der Waals surface area contributed by atoms with E-state index in [0.29, 0.717) is 34.3 Å². The lowest BCUT2D eigenvalue weighted by molar-refractivity contribution is 0.239. The number of nitrogens with zero attached hydrogens (tertiary/aromatic N) is 2. The van der Waals surface area contributed by atoms with E-state index < -0.39 is 0 Å². The van der Waals surface area contributed by atoms with Crippen LogP contribution in [0.15, 0.2) is 47.3 Å². The largest absolute Gasteiger partial charge is 0.497 e. The molecule has 1 aliphatic carbocycles. The maximum Gasteiger partial charge on any atom is 0.258 e. The van der Waals surface area contributed by atoms with Crippen molar-refractivity contribution in [2.45, 2.75) is 32.0 Å². The van der Waals surface area contributed by atoms with E-state index in [1.54, 1.807) is 25.3 Å². The fraction of sp³-hybridized carbons (Fsp3) is 0.300. The summed E-state index contributed by atoms with van der Waals surface area (Å²) < 4.78 is 5.22. The molecular weight excluding hydrogens is 350 g/mol. The van der Waals surface area contributed by atoms with Crippen LogP contribution in [0.4, 0.5) is 0 Å². The lowest BCUT2D eigenvalue weighted by atomic mass is 10.2. The molecule has 2 aromatic carbocycles. The van der Waals surface area contributed by atoms with Crippen molar-refractivity contribution in [3.05, 3.63) is 69.2 Å². The minimum absolute atomic E-state index is 0.123. The van der Waals surface area contributed by atoms with Gasteiger partial charge in [-0.15, -0.1) is 0 Å². The SMILES string of the molecule is COc1ccc(CN(Cc2nc3cc(Cl)ccc3c(=O)[nH]2)C2CC2)cc1. The fourth-order valence-electron chi connectivity index (χ4n) is 3.15. The predicted molar refractivity (Wildman–Crippen MR) is 103 cm³/mol. The van der Waals surface area contributed by atoms with Crippen molar-refractivity contribution in [1.29, 1.82) is 0 Å². The molecule has 6 heteroatoms. The summed E-state index contributed by atoms with van der Waals surface area (Å²) in [5.74, 6) is 1.52. The molecule has 0 amide bonds. The number of aromatic amines is 1. The normalized spacial score (nSPS) is 14.1. The van der Waals surface area contributed by atoms with Gasteiger partial charge in [-0.2, -0.15) is 0 Å². The molecule has 3 aromatic rings. The summed E-state index contributed by atoms with van der Waals surface area (Å²) in [4.78, 5) is 22.2. The minimum Gasteiger partial charge on any atom is -0.497 e. The number of rotatable bonds is 6. The smallest absolute Gasteiger partial charge is 0.258 e. The number of ether oxygens (including phenoxy) is 1. The number of fused-ring (bicyclic) bond motifs is 1. The van der Waals surface area contributed by atoms with Crippen LogP contribution in [0.3, 0.4) is 0 Å². The molecule has 0 atom stereocenters. The first kappa shape index (κ1) is 17.1. The topological polar surface area (TPSA) is 58.2 Å². The number of H-pyrrole nitrogens is 1. The van der Waals surface area contributed by atoms with Crippen molar-refractivity contribution in [3.63, 3.8) is 0 Å². The van der Waals surface area contributed by atoms with Crippen LogP contribution in [0.1, 0.15) is 24.2 Å². The van der Waals surface area contributed by atoms with Crippen molar-refractivity contribution < 1.29 is 4.74 Å². The minimum atomic E-state index is -0.123. The molecular formula is C20H20ClN3O2. The Balaban J connectivity index is 1.58. The average Bonchev–Trinajstić information content (AvgIpc) is 3.46. The Kier molecular flexibility index (Phi) is 4.66. The lowest BCUT2D eigenvalue weighted by Gasteiger charge is -2.21. The molecule has 134 valence electrons. The summed E-state index contributed by atoms with van der Waals surface area (Å²) in [5, 5.41) is 1.14. The molecule has 1 N–H and O–H groups in total. The van der Waals surface area contributed by atoms with Gasteiger partial charge in [-0.05, 0) is 48.7 Å². The Morgan fingerprint density at radius 1 is 1.19 bits per heavy atom. The molecule has 1 aliphatic rings. The fourth-order valence-corrected chi connectivity index (χ4v) is 3.31. The quantitative estimate of drug-likeness (QED) is 0.719. The highest BCUT2D eigenvalue weighted by Crippen LogP contribution is 2.29. The van der Waals surface area contributed by atoms with Crippen molar-refractivity contribution >= 4 is 22.5 Å². The van der Waals surface area contributed by atoms with Gasteiger partial charge in [0.25, 0.3) is 5.56 Å². The second-order valence-corrected chi connectivity index (χ2v) is 7.09. The van der Waals surface area contributed by atoms with Crippen LogP contribution in [0, 0.1) is 0 Å². The van der Waals surface area contributed by atoms with Crippen LogP contribution in [-0.4, -0.2) is 28.0 Å². The zero-order valence-electron chi connectivity index (χ0n) is 14.5. The highest BCUT2D eigenvalue weighted by Gasteiger charge is 2.29. The number of hydrogen-bond donors (Lipinski definition) is 1. The van der Waals surface area contributed by atoms with Gasteiger partial charge in [0.05, 0.1) is 24.6 Å². The highest BCUT2D eigenvalue weighted by atomic mass is 35.5. The molecule has 0 aliphatic heterocycles. The Morgan fingerprint density at radius 2 is 1.96 bits per heavy atom. The van der Waals surface area contributed by atoms with Crippen LogP contribution in [0.2, 0.25) is 5.02 Å². The van der Waals surface area contributed by atoms with Gasteiger partial charge in [0.2, 0.25) is 0 Å². The van der Waals surface area contributed by atoms with E-state index in [0.717, 1.165) is 12.3 Å². The van der Waals surface area contributed by atoms with Crippen LogP contribution in [-0.2, 0) is 13.1 Å². The first-order valence-corrected chi connectivity index (χ1v) is 9.05. The molecule has 5 nitrogen and oxygen atoms in total. The molecule has 0 spiro atoms. The summed E-state index contributed by atoms with van der Waals surface area (Å²) in [6.07, 6.45) is 2.36. The van der Waals surface area contributed by atoms with Gasteiger partial charge in [-0.1, -0.05) is 23.7 Å². The Bertz CT molecular complexity index is 981. The molecule has 0 unspecified atom stereocenters. The van der Waals surface area contributed by atoms with Gasteiger partial charge < -0.3 is 9.72 Å². The number of hydrogen-bond acceptors (Lipinski definition) is 4. The van der Waals surface area contributed by atoms with Gasteiger partial charge in [-0.3, -0.25) is 9.69 Å². The summed E-state index contributed by atoms with van der Waals surface area (Å²) in [7, 11) is 1.67. The number of benzene rings is 2. The third-order valence-corrected chi connectivity index (χ3v) is 4.91. The third kappa shape index (κ3) is 3.74. The van der Waals surface area contributed by atoms with Gasteiger partial charge in [0.15, 0.2) is 0 Å². The first-order chi connectivity index (χ1) is 12.6. The number of halogens is 1. The third-order valence-electron chi connectivity index (χ3n) is 4.68. The van der Waals surface area contributed by atoms with E-state index in [9.17, 15) is 4.79 Å². The van der Waals surface area contributed by atoms with E-state index in [1.165, 1.54) is 18.4 Å². The van der Waals surface area contributed by atoms with E-state index in [2.05, 4.69) is 27.0 Å². The maximum absolute atomic E-state index is 12.3. The van der Waals surface area contributed by atoms with Crippen molar-refractivity contribution in [2.75, 3.05) is 7.11 Å². The van der Waals surface area contributed by atoms with Gasteiger partial charge in [-0.25, -0.2) is 4.98 Å². The summed E-state index contributed by atoms with van der Waals surface area (Å²) in [5.41, 5.74) is 1.72. The summed E-state index contributed by atoms with van der Waals surface area (Å²) in [6, 6.07) is 13.8. The Labute approximate surface area is 156 Å². The second kappa shape index (κ2) is 7.09. The molecule has 0 bridgehead atoms. The molecule has 1 saturated carbocycles. The van der Waals surface area contributed by atoms with Crippen LogP contribution >= 0.6 is 11.6 Å². The van der Waals surface area contributed by atoms with Crippen molar-refractivity contribution in [1.82, 2.24) is 14.9 Å². The molecule has 26 heavy (non-hydrogen) atoms. The standard InChI is InChI=1S/C20H20ClN3O2/c1-26-16-7-2-13(3-8-16)11-24(15-5-6-15)12-19-22-18-10-14(21)4-9-17(18)20(25)23-19/h2-4,7-10,15H,5-6,11-12H2,1H3,(H,22,23,25). The van der Waals surface area contributed by atoms with Gasteiger partial charge in [0.1, 0.15) is 11.6 Å². The van der Waals surface area contributed by atoms with Crippen LogP contribution in [0.5, 0.6) is 5.75 Å². The molecule has 4 rings (SSSR count). The van der Waals surface area contributed by atoms with E-state index in [4.69, 9.17) is 16.3 Å². The average molecular weight is 370 g/mol. The lowest BCUT2D eigenvalue weighted by Crippen LogP contribution is -2.27. The Hall–Kier alpha value is -2.37. The van der Waals surface area contributed by atoms with Crippen LogP contribution in [0.25, 0.3) is 10.9 Å². The van der Waals surface area contributed by atoms with E-state index >= 15 is 0 Å². The molecule has 0 radical (unpaired) electrons. The summed E-state index contributed by atoms with van der Waals surface area (Å²) >= 11 is 6.05. The second-order valence-electron chi connectivity index (χ2n) is 6.66. The molecule has 1 aromatic heterocycles. The van der Waals surface area contributed by atoms with Crippen molar-refractivity contribution in [3.8, 4) is 5.75 Å². The van der Waals surface area contributed by atoms with Gasteiger partial charge >= 0.3 is 0 Å². The van der Waals surface area contributed by atoms with Crippen molar-refractivity contribution in [2.24, 2.45) is 0 Å². The zero-order valence-corrected chi connectivity index (χ0v) is 15.3. The summed E-state index contributed by atoms with van der Waals surface area (Å²) in [6.45, 7) is 1.42. The number of aromatic nitrogens is 2. The van der Waals surface area contributed by atoms with Crippen LogP contribution < -0.4 is 10.3 Å². The van der Waals surface area contributed by atoms with E-state index in [-0.39, 0.29) is 5.56 Å². The number of methoxy groups -OCH3 is 1. The zero-order chi connectivity index (χ0) is 18.1. The van der Waals surface area contributed by atoms with Gasteiger partial charge in [0, 0.05) is 17.6 Å². The molecule has 1 heterocycles. The molecule has 1 fully saturated rings. The first-order valence-electron chi connectivity index (χ1n) is 8.68. The number of nitrogens with one attached hydrogen (secondary N) is 1. The predicted octanol–water partition coefficient (Wildman–Crippen LogP) is 3.75. The molecule has 0 saturated heterocycles. The highest BCUT2D eigenvalue weighted by molar-refractivity contribution is 6.31. The maximum atomic E-state index is 12.3. The van der Waals surface area contributed by atoms with E-state index in [1.807, 2.05) is 12.1 Å². The monoisotopic (exact) mass is 369 g/mol. The Morgan fingerprint density at radius 3 is 2.65 bits per heavy atom.